The van der Waals surface area contributed by atoms with Crippen molar-refractivity contribution in [1.82, 2.24) is 20.5 Å². The smallest absolute Gasteiger partial charge is 0.226 e. The van der Waals surface area contributed by atoms with Crippen molar-refractivity contribution in [2.45, 2.75) is 45.9 Å². The number of nitrogens with zero attached hydrogens (tertiary/aromatic N) is 3. The molecule has 0 bridgehead atoms. The Morgan fingerprint density at radius 3 is 2.53 bits per heavy atom. The van der Waals surface area contributed by atoms with Crippen molar-refractivity contribution in [3.05, 3.63) is 41.8 Å². The number of hydrogen-bond donors (Lipinski definition) is 2. The first-order chi connectivity index (χ1) is 14.0. The molecular formula is C22H34IN5O2. The number of nitrogens with one attached hydrogen (secondary N) is 2. The summed E-state index contributed by atoms with van der Waals surface area (Å²) in [6.07, 6.45) is 3.37. The lowest BCUT2D eigenvalue weighted by molar-refractivity contribution is -0.0679. The molecule has 0 amide bonds. The van der Waals surface area contributed by atoms with Crippen LogP contribution in [0.2, 0.25) is 0 Å². The van der Waals surface area contributed by atoms with E-state index in [1.807, 2.05) is 12.1 Å². The first-order valence-corrected chi connectivity index (χ1v) is 10.4. The normalized spacial score (nSPS) is 19.9. The predicted molar refractivity (Wildman–Crippen MR) is 131 cm³/mol. The summed E-state index contributed by atoms with van der Waals surface area (Å²) in [4.78, 5) is 11.3. The van der Waals surface area contributed by atoms with Gasteiger partial charge in [-0.2, -0.15) is 0 Å². The molecule has 0 spiro atoms. The number of hydrogen-bond acceptors (Lipinski definition) is 5. The summed E-state index contributed by atoms with van der Waals surface area (Å²) in [5, 5.41) is 6.66. The van der Waals surface area contributed by atoms with Crippen LogP contribution in [0, 0.1) is 6.92 Å². The zero-order chi connectivity index (χ0) is 20.6. The molecule has 2 N–H and O–H groups in total. The Morgan fingerprint density at radius 2 is 1.87 bits per heavy atom. The van der Waals surface area contributed by atoms with Crippen molar-refractivity contribution in [3.8, 4) is 11.5 Å². The lowest BCUT2D eigenvalue weighted by Crippen LogP contribution is -2.46. The molecule has 1 aliphatic heterocycles. The Bertz CT molecular complexity index is 783. The van der Waals surface area contributed by atoms with Gasteiger partial charge in [0.2, 0.25) is 5.89 Å². The maximum Gasteiger partial charge on any atom is 0.226 e. The van der Waals surface area contributed by atoms with E-state index in [4.69, 9.17) is 9.15 Å². The highest BCUT2D eigenvalue weighted by Gasteiger charge is 2.21. The van der Waals surface area contributed by atoms with Crippen LogP contribution in [0.4, 0.5) is 0 Å². The molecule has 1 aromatic carbocycles. The average Bonchev–Trinajstić information content (AvgIpc) is 3.16. The van der Waals surface area contributed by atoms with Gasteiger partial charge in [-0.25, -0.2) is 4.98 Å². The van der Waals surface area contributed by atoms with E-state index < -0.39 is 0 Å². The molecule has 2 heterocycles. The van der Waals surface area contributed by atoms with Crippen LogP contribution in [0.25, 0.3) is 11.5 Å². The third-order valence-electron chi connectivity index (χ3n) is 4.95. The molecule has 8 heteroatoms. The fourth-order valence-electron chi connectivity index (χ4n) is 3.59. The van der Waals surface area contributed by atoms with E-state index in [1.54, 1.807) is 13.3 Å². The van der Waals surface area contributed by atoms with E-state index in [0.29, 0.717) is 24.6 Å². The summed E-state index contributed by atoms with van der Waals surface area (Å²) in [5.41, 5.74) is 3.05. The van der Waals surface area contributed by atoms with Gasteiger partial charge in [-0.15, -0.1) is 24.0 Å². The number of aryl methyl sites for hydroxylation is 1. The van der Waals surface area contributed by atoms with Crippen molar-refractivity contribution in [3.63, 3.8) is 0 Å². The average molecular weight is 527 g/mol. The van der Waals surface area contributed by atoms with Gasteiger partial charge < -0.3 is 19.8 Å². The van der Waals surface area contributed by atoms with E-state index in [0.717, 1.165) is 49.8 Å². The minimum Gasteiger partial charge on any atom is -0.444 e. The van der Waals surface area contributed by atoms with Gasteiger partial charge in [0.05, 0.1) is 24.4 Å². The third kappa shape index (κ3) is 7.55. The number of aromatic nitrogens is 1. The highest BCUT2D eigenvalue weighted by Crippen LogP contribution is 2.19. The van der Waals surface area contributed by atoms with Gasteiger partial charge in [-0.3, -0.25) is 9.89 Å². The lowest BCUT2D eigenvalue weighted by Gasteiger charge is -2.35. The Balaban J connectivity index is 0.00000320. The molecule has 3 rings (SSSR count). The van der Waals surface area contributed by atoms with Crippen molar-refractivity contribution < 1.29 is 9.15 Å². The topological polar surface area (TPSA) is 74.9 Å². The molecule has 0 saturated carbocycles. The van der Waals surface area contributed by atoms with Crippen molar-refractivity contribution in [2.24, 2.45) is 4.99 Å². The summed E-state index contributed by atoms with van der Waals surface area (Å²) >= 11 is 0. The molecule has 0 radical (unpaired) electrons. The maximum atomic E-state index is 5.79. The molecular weight excluding hydrogens is 493 g/mol. The highest BCUT2D eigenvalue weighted by molar-refractivity contribution is 14.0. The first-order valence-electron chi connectivity index (χ1n) is 10.4. The van der Waals surface area contributed by atoms with Crippen molar-refractivity contribution in [2.75, 3.05) is 33.2 Å². The van der Waals surface area contributed by atoms with E-state index in [-0.39, 0.29) is 24.0 Å². The van der Waals surface area contributed by atoms with Crippen LogP contribution in [0.5, 0.6) is 0 Å². The molecule has 1 fully saturated rings. The van der Waals surface area contributed by atoms with Gasteiger partial charge in [0.1, 0.15) is 6.26 Å². The quantitative estimate of drug-likeness (QED) is 0.249. The zero-order valence-electron chi connectivity index (χ0n) is 18.4. The number of oxazole rings is 1. The highest BCUT2D eigenvalue weighted by atomic mass is 127. The van der Waals surface area contributed by atoms with Crippen LogP contribution in [0.15, 0.2) is 39.9 Å². The van der Waals surface area contributed by atoms with Gasteiger partial charge in [0, 0.05) is 38.8 Å². The van der Waals surface area contributed by atoms with E-state index in [2.05, 4.69) is 58.4 Å². The molecule has 1 aromatic heterocycles. The number of benzene rings is 1. The molecule has 2 aromatic rings. The summed E-state index contributed by atoms with van der Waals surface area (Å²) in [6.45, 7) is 10.8. The van der Waals surface area contributed by atoms with Crippen molar-refractivity contribution >= 4 is 29.9 Å². The first kappa shape index (κ1) is 24.6. The predicted octanol–water partition coefficient (Wildman–Crippen LogP) is 3.43. The number of rotatable bonds is 7. The van der Waals surface area contributed by atoms with E-state index in [1.165, 1.54) is 5.56 Å². The van der Waals surface area contributed by atoms with Gasteiger partial charge >= 0.3 is 0 Å². The minimum absolute atomic E-state index is 0. The fraction of sp³-hybridized carbons (Fsp3) is 0.545. The lowest BCUT2D eigenvalue weighted by atomic mass is 10.1. The minimum atomic E-state index is 0. The Labute approximate surface area is 196 Å². The van der Waals surface area contributed by atoms with Gasteiger partial charge in [-0.1, -0.05) is 17.7 Å². The van der Waals surface area contributed by atoms with Gasteiger partial charge in [-0.05, 0) is 39.3 Å². The maximum absolute atomic E-state index is 5.79. The van der Waals surface area contributed by atoms with Crippen LogP contribution in [-0.4, -0.2) is 61.3 Å². The van der Waals surface area contributed by atoms with E-state index >= 15 is 0 Å². The summed E-state index contributed by atoms with van der Waals surface area (Å²) in [6, 6.07) is 8.16. The van der Waals surface area contributed by atoms with Crippen LogP contribution < -0.4 is 10.6 Å². The summed E-state index contributed by atoms with van der Waals surface area (Å²) in [5.74, 6) is 1.41. The van der Waals surface area contributed by atoms with Crippen LogP contribution in [0.1, 0.15) is 31.5 Å². The number of halogens is 1. The zero-order valence-corrected chi connectivity index (χ0v) is 20.7. The Hall–Kier alpha value is -1.65. The second-order valence-electron chi connectivity index (χ2n) is 7.73. The number of guanidine groups is 1. The number of aliphatic imine (C=N–C) groups is 1. The molecule has 0 aliphatic carbocycles. The standard InChI is InChI=1S/C22H33N5O2.HI/c1-16-6-8-19(9-7-16)21-26-20(15-28-21)12-25-22(23-4)24-10-5-11-27-13-17(2)29-18(3)14-27;/h6-9,15,17-18H,5,10-14H2,1-4H3,(H2,23,24,25);1H. The molecule has 166 valence electrons. The largest absolute Gasteiger partial charge is 0.444 e. The molecule has 7 nitrogen and oxygen atoms in total. The van der Waals surface area contributed by atoms with E-state index in [9.17, 15) is 0 Å². The molecule has 30 heavy (non-hydrogen) atoms. The van der Waals surface area contributed by atoms with Crippen LogP contribution >= 0.6 is 24.0 Å². The second-order valence-corrected chi connectivity index (χ2v) is 7.73. The van der Waals surface area contributed by atoms with Crippen LogP contribution in [0.3, 0.4) is 0 Å². The molecule has 1 aliphatic rings. The Morgan fingerprint density at radius 1 is 1.17 bits per heavy atom. The van der Waals surface area contributed by atoms with Gasteiger partial charge in [0.15, 0.2) is 5.96 Å². The summed E-state index contributed by atoms with van der Waals surface area (Å²) < 4.78 is 11.4. The van der Waals surface area contributed by atoms with Gasteiger partial charge in [0.25, 0.3) is 0 Å². The van der Waals surface area contributed by atoms with Crippen molar-refractivity contribution in [1.29, 1.82) is 0 Å². The summed E-state index contributed by atoms with van der Waals surface area (Å²) in [7, 11) is 1.78. The third-order valence-corrected chi connectivity index (χ3v) is 4.95. The molecule has 2 unspecified atom stereocenters. The SMILES string of the molecule is CN=C(NCCCN1CC(C)OC(C)C1)NCc1coc(-c2ccc(C)cc2)n1.I. The molecule has 2 atom stereocenters. The molecule has 1 saturated heterocycles. The number of ether oxygens (including phenoxy) is 1. The fourth-order valence-corrected chi connectivity index (χ4v) is 3.59. The number of morpholine rings is 1. The Kier molecular flexibility index (Phi) is 10.1. The second kappa shape index (κ2) is 12.3. The monoisotopic (exact) mass is 527 g/mol. The van der Waals surface area contributed by atoms with Crippen LogP contribution in [-0.2, 0) is 11.3 Å².